The van der Waals surface area contributed by atoms with Crippen molar-refractivity contribution in [1.29, 1.82) is 0 Å². The lowest BCUT2D eigenvalue weighted by molar-refractivity contribution is 0.603. The Kier molecular flexibility index (Phi) is 3.62. The summed E-state index contributed by atoms with van der Waals surface area (Å²) in [7, 11) is -3.61. The third kappa shape index (κ3) is 2.81. The van der Waals surface area contributed by atoms with E-state index in [1.165, 1.54) is 6.33 Å². The molecule has 0 unspecified atom stereocenters. The second kappa shape index (κ2) is 5.83. The third-order valence-electron chi connectivity index (χ3n) is 3.50. The normalized spacial score (nSPS) is 11.7. The molecule has 0 spiro atoms. The fraction of sp³-hybridized carbons (Fsp3) is 0. The monoisotopic (exact) mass is 372 g/mol. The highest BCUT2D eigenvalue weighted by Crippen LogP contribution is 2.24. The number of nitrogens with one attached hydrogen (secondary N) is 1. The smallest absolute Gasteiger partial charge is 0.271 e. The molecule has 0 saturated heterocycles. The van der Waals surface area contributed by atoms with Crippen LogP contribution < -0.4 is 10.5 Å². The van der Waals surface area contributed by atoms with Gasteiger partial charge in [0.2, 0.25) is 0 Å². The van der Waals surface area contributed by atoms with Gasteiger partial charge in [-0.2, -0.15) is 5.10 Å². The van der Waals surface area contributed by atoms with Gasteiger partial charge >= 0.3 is 0 Å². The molecule has 0 atom stereocenters. The molecule has 0 aliphatic rings. The predicted octanol–water partition coefficient (Wildman–Crippen LogP) is 2.26. The molecule has 0 aliphatic carbocycles. The first-order valence-corrected chi connectivity index (χ1v) is 9.52. The summed E-state index contributed by atoms with van der Waals surface area (Å²) in [6.07, 6.45) is 2.94. The Bertz CT molecular complexity index is 1150. The summed E-state index contributed by atoms with van der Waals surface area (Å²) in [5, 5.41) is 6.62. The van der Waals surface area contributed by atoms with Crippen LogP contribution in [0.2, 0.25) is 0 Å². The summed E-state index contributed by atoms with van der Waals surface area (Å²) in [6.45, 7) is 0. The molecule has 0 aliphatic heterocycles. The number of thiophene rings is 1. The van der Waals surface area contributed by atoms with Gasteiger partial charge in [0.25, 0.3) is 10.0 Å². The Morgan fingerprint density at radius 1 is 1.16 bits per heavy atom. The molecule has 3 N–H and O–H groups in total. The van der Waals surface area contributed by atoms with Crippen molar-refractivity contribution < 1.29 is 8.42 Å². The van der Waals surface area contributed by atoms with Crippen LogP contribution in [0, 0.1) is 0 Å². The Hall–Kier alpha value is -2.98. The maximum atomic E-state index is 12.4. The number of fused-ring (bicyclic) bond motifs is 1. The van der Waals surface area contributed by atoms with Crippen LogP contribution in [0.15, 0.2) is 58.5 Å². The quantitative estimate of drug-likeness (QED) is 0.568. The summed E-state index contributed by atoms with van der Waals surface area (Å²) in [6, 6.07) is 10.1. The van der Waals surface area contributed by atoms with E-state index in [0.29, 0.717) is 28.2 Å². The van der Waals surface area contributed by atoms with E-state index < -0.39 is 10.0 Å². The third-order valence-corrected chi connectivity index (χ3v) is 6.28. The maximum absolute atomic E-state index is 12.4. The van der Waals surface area contributed by atoms with Gasteiger partial charge in [-0.1, -0.05) is 12.1 Å². The first-order chi connectivity index (χ1) is 12.0. The minimum atomic E-state index is -3.61. The van der Waals surface area contributed by atoms with Crippen LogP contribution in [0.25, 0.3) is 16.7 Å². The Labute approximate surface area is 147 Å². The van der Waals surface area contributed by atoms with Gasteiger partial charge in [-0.3, -0.25) is 4.72 Å². The first kappa shape index (κ1) is 15.5. The molecule has 10 heteroatoms. The largest absolute Gasteiger partial charge is 0.383 e. The Morgan fingerprint density at radius 2 is 2.04 bits per heavy atom. The second-order valence-corrected chi connectivity index (χ2v) is 8.00. The Balaban J connectivity index is 1.73. The maximum Gasteiger partial charge on any atom is 0.271 e. The standard InChI is InChI=1S/C15H12N6O2S2/c16-14-12-8-19-21(15(12)18-9-17-14)11-4-1-3-10(7-11)20-25(22,23)13-5-2-6-24-13/h1-9,20H,(H2,16,17,18). The fourth-order valence-corrected chi connectivity index (χ4v) is 4.42. The molecular weight excluding hydrogens is 360 g/mol. The number of hydrogen-bond acceptors (Lipinski definition) is 7. The molecule has 25 heavy (non-hydrogen) atoms. The number of rotatable bonds is 4. The van der Waals surface area contributed by atoms with Gasteiger partial charge < -0.3 is 5.73 Å². The van der Waals surface area contributed by atoms with Crippen molar-refractivity contribution in [2.24, 2.45) is 0 Å². The number of nitrogens with two attached hydrogens (primary N) is 1. The summed E-state index contributed by atoms with van der Waals surface area (Å²) in [5.41, 5.74) is 7.45. The summed E-state index contributed by atoms with van der Waals surface area (Å²) in [5.74, 6) is 0.339. The van der Waals surface area contributed by atoms with Gasteiger partial charge in [0.15, 0.2) is 5.65 Å². The molecule has 126 valence electrons. The number of hydrogen-bond donors (Lipinski definition) is 2. The van der Waals surface area contributed by atoms with Crippen molar-refractivity contribution >= 4 is 43.9 Å². The number of nitrogen functional groups attached to an aromatic ring is 1. The van der Waals surface area contributed by atoms with Gasteiger partial charge in [0.1, 0.15) is 16.4 Å². The lowest BCUT2D eigenvalue weighted by Gasteiger charge is -2.09. The van der Waals surface area contributed by atoms with Gasteiger partial charge in [-0.05, 0) is 29.6 Å². The van der Waals surface area contributed by atoms with Crippen LogP contribution >= 0.6 is 11.3 Å². The van der Waals surface area contributed by atoms with E-state index in [9.17, 15) is 8.42 Å². The van der Waals surface area contributed by atoms with Crippen molar-refractivity contribution in [3.63, 3.8) is 0 Å². The molecule has 0 fully saturated rings. The van der Waals surface area contributed by atoms with E-state index >= 15 is 0 Å². The van der Waals surface area contributed by atoms with E-state index in [1.807, 2.05) is 0 Å². The van der Waals surface area contributed by atoms with Crippen molar-refractivity contribution in [3.05, 3.63) is 54.3 Å². The van der Waals surface area contributed by atoms with E-state index in [0.717, 1.165) is 11.3 Å². The highest BCUT2D eigenvalue weighted by Gasteiger charge is 2.16. The second-order valence-electron chi connectivity index (χ2n) is 5.14. The van der Waals surface area contributed by atoms with E-state index in [2.05, 4.69) is 19.8 Å². The summed E-state index contributed by atoms with van der Waals surface area (Å²) in [4.78, 5) is 8.13. The molecule has 4 aromatic rings. The van der Waals surface area contributed by atoms with E-state index in [-0.39, 0.29) is 4.21 Å². The molecule has 3 aromatic heterocycles. The van der Waals surface area contributed by atoms with Crippen molar-refractivity contribution in [2.45, 2.75) is 4.21 Å². The van der Waals surface area contributed by atoms with Gasteiger partial charge in [0.05, 0.1) is 23.0 Å². The van der Waals surface area contributed by atoms with Crippen LogP contribution in [-0.2, 0) is 10.0 Å². The van der Waals surface area contributed by atoms with Crippen molar-refractivity contribution in [3.8, 4) is 5.69 Å². The zero-order valence-electron chi connectivity index (χ0n) is 12.7. The van der Waals surface area contributed by atoms with Crippen LogP contribution in [0.3, 0.4) is 0 Å². The van der Waals surface area contributed by atoms with Crippen molar-refractivity contribution in [2.75, 3.05) is 10.5 Å². The molecule has 3 heterocycles. The highest BCUT2D eigenvalue weighted by molar-refractivity contribution is 7.94. The molecule has 0 radical (unpaired) electrons. The van der Waals surface area contributed by atoms with Crippen LogP contribution in [0.1, 0.15) is 0 Å². The topological polar surface area (TPSA) is 116 Å². The number of anilines is 2. The minimum Gasteiger partial charge on any atom is -0.383 e. The number of aromatic nitrogens is 4. The summed E-state index contributed by atoms with van der Waals surface area (Å²) < 4.78 is 29.1. The lowest BCUT2D eigenvalue weighted by atomic mass is 10.3. The highest BCUT2D eigenvalue weighted by atomic mass is 32.2. The van der Waals surface area contributed by atoms with Crippen LogP contribution in [-0.4, -0.2) is 28.2 Å². The van der Waals surface area contributed by atoms with Crippen molar-refractivity contribution in [1.82, 2.24) is 19.7 Å². The average Bonchev–Trinajstić information content (AvgIpc) is 3.26. The predicted molar refractivity (Wildman–Crippen MR) is 96.2 cm³/mol. The molecule has 8 nitrogen and oxygen atoms in total. The molecule has 0 bridgehead atoms. The number of benzene rings is 1. The molecule has 1 aromatic carbocycles. The fourth-order valence-electron chi connectivity index (χ4n) is 2.37. The number of sulfonamides is 1. The lowest BCUT2D eigenvalue weighted by Crippen LogP contribution is -2.11. The molecular formula is C15H12N6O2S2. The zero-order valence-corrected chi connectivity index (χ0v) is 14.3. The summed E-state index contributed by atoms with van der Waals surface area (Å²) >= 11 is 1.16. The van der Waals surface area contributed by atoms with Gasteiger partial charge in [-0.25, -0.2) is 23.1 Å². The average molecular weight is 372 g/mol. The molecule has 0 amide bonds. The molecule has 0 saturated carbocycles. The minimum absolute atomic E-state index is 0.253. The van der Waals surface area contributed by atoms with Crippen LogP contribution in [0.5, 0.6) is 0 Å². The SMILES string of the molecule is Nc1ncnc2c1cnn2-c1cccc(NS(=O)(=O)c2cccs2)c1. The van der Waals surface area contributed by atoms with E-state index in [4.69, 9.17) is 5.73 Å². The van der Waals surface area contributed by atoms with Gasteiger partial charge in [0, 0.05) is 0 Å². The Morgan fingerprint density at radius 3 is 2.84 bits per heavy atom. The van der Waals surface area contributed by atoms with Gasteiger partial charge in [-0.15, -0.1) is 11.3 Å². The zero-order chi connectivity index (χ0) is 17.4. The molecule has 4 rings (SSSR count). The number of nitrogens with zero attached hydrogens (tertiary/aromatic N) is 4. The van der Waals surface area contributed by atoms with Crippen LogP contribution in [0.4, 0.5) is 11.5 Å². The van der Waals surface area contributed by atoms with E-state index in [1.54, 1.807) is 52.7 Å². The first-order valence-electron chi connectivity index (χ1n) is 7.15.